The Balaban J connectivity index is 1.62. The molecule has 1 aliphatic heterocycles. The van der Waals surface area contributed by atoms with Gasteiger partial charge in [0.15, 0.2) is 0 Å². The molecule has 1 atom stereocenters. The third-order valence-electron chi connectivity index (χ3n) is 4.76. The van der Waals surface area contributed by atoms with Gasteiger partial charge in [-0.3, -0.25) is 9.59 Å². The van der Waals surface area contributed by atoms with E-state index in [2.05, 4.69) is 5.32 Å². The van der Waals surface area contributed by atoms with Crippen molar-refractivity contribution < 1.29 is 9.59 Å². The van der Waals surface area contributed by atoms with Crippen molar-refractivity contribution in [3.05, 3.63) is 29.8 Å². The average Bonchev–Trinajstić information content (AvgIpc) is 2.90. The summed E-state index contributed by atoms with van der Waals surface area (Å²) in [5.74, 6) is -0.111. The van der Waals surface area contributed by atoms with Crippen LogP contribution >= 0.6 is 0 Å². The number of nitrogens with zero attached hydrogens (tertiary/aromatic N) is 1. The highest BCUT2D eigenvalue weighted by Crippen LogP contribution is 2.26. The second kappa shape index (κ2) is 6.51. The monoisotopic (exact) mass is 300 g/mol. The zero-order valence-electron chi connectivity index (χ0n) is 13.2. The smallest absolute Gasteiger partial charge is 0.227 e. The van der Waals surface area contributed by atoms with Gasteiger partial charge in [-0.2, -0.15) is 0 Å². The molecule has 1 aromatic carbocycles. The van der Waals surface area contributed by atoms with Gasteiger partial charge in [0.2, 0.25) is 11.8 Å². The SMILES string of the molecule is Cc1cccc(N2CC(C(=O)NC3CCCCC3)CC2=O)c1. The first kappa shape index (κ1) is 15.1. The Morgan fingerprint density at radius 1 is 1.23 bits per heavy atom. The van der Waals surface area contributed by atoms with Crippen molar-refractivity contribution in [1.29, 1.82) is 0 Å². The van der Waals surface area contributed by atoms with E-state index >= 15 is 0 Å². The Morgan fingerprint density at radius 2 is 2.00 bits per heavy atom. The highest BCUT2D eigenvalue weighted by atomic mass is 16.2. The van der Waals surface area contributed by atoms with Crippen molar-refractivity contribution >= 4 is 17.5 Å². The van der Waals surface area contributed by atoms with Crippen molar-refractivity contribution in [3.63, 3.8) is 0 Å². The van der Waals surface area contributed by atoms with Crippen LogP contribution in [-0.2, 0) is 9.59 Å². The van der Waals surface area contributed by atoms with Gasteiger partial charge in [0.05, 0.1) is 5.92 Å². The van der Waals surface area contributed by atoms with Crippen LogP contribution in [0.25, 0.3) is 0 Å². The van der Waals surface area contributed by atoms with Crippen LogP contribution in [0.5, 0.6) is 0 Å². The fourth-order valence-corrected chi connectivity index (χ4v) is 3.49. The first-order chi connectivity index (χ1) is 10.6. The zero-order valence-corrected chi connectivity index (χ0v) is 13.2. The number of carbonyl (C=O) groups is 2. The molecule has 1 aromatic rings. The molecule has 118 valence electrons. The van der Waals surface area contributed by atoms with Crippen LogP contribution in [0.15, 0.2) is 24.3 Å². The summed E-state index contributed by atoms with van der Waals surface area (Å²) in [5.41, 5.74) is 2.03. The van der Waals surface area contributed by atoms with Crippen molar-refractivity contribution in [2.45, 2.75) is 51.5 Å². The molecule has 0 aromatic heterocycles. The molecule has 1 aliphatic carbocycles. The molecule has 2 amide bonds. The number of benzene rings is 1. The summed E-state index contributed by atoms with van der Waals surface area (Å²) in [6.07, 6.45) is 6.15. The number of hydrogen-bond donors (Lipinski definition) is 1. The summed E-state index contributed by atoms with van der Waals surface area (Å²) in [5, 5.41) is 3.15. The third kappa shape index (κ3) is 3.32. The van der Waals surface area contributed by atoms with Crippen LogP contribution in [0.4, 0.5) is 5.69 Å². The zero-order chi connectivity index (χ0) is 15.5. The van der Waals surface area contributed by atoms with E-state index in [9.17, 15) is 9.59 Å². The average molecular weight is 300 g/mol. The van der Waals surface area contributed by atoms with Crippen molar-refractivity contribution in [1.82, 2.24) is 5.32 Å². The molecule has 1 saturated carbocycles. The lowest BCUT2D eigenvalue weighted by Crippen LogP contribution is -2.40. The van der Waals surface area contributed by atoms with E-state index in [0.29, 0.717) is 19.0 Å². The summed E-state index contributed by atoms with van der Waals surface area (Å²) in [6, 6.07) is 8.21. The maximum absolute atomic E-state index is 12.4. The molecule has 0 radical (unpaired) electrons. The number of nitrogens with one attached hydrogen (secondary N) is 1. The fourth-order valence-electron chi connectivity index (χ4n) is 3.49. The quantitative estimate of drug-likeness (QED) is 0.933. The van der Waals surface area contributed by atoms with Crippen molar-refractivity contribution in [2.75, 3.05) is 11.4 Å². The van der Waals surface area contributed by atoms with E-state index < -0.39 is 0 Å². The molecule has 1 N–H and O–H groups in total. The molecule has 1 heterocycles. The lowest BCUT2D eigenvalue weighted by molar-refractivity contribution is -0.127. The van der Waals surface area contributed by atoms with Gasteiger partial charge in [-0.1, -0.05) is 31.4 Å². The molecule has 0 spiro atoms. The molecule has 0 bridgehead atoms. The van der Waals surface area contributed by atoms with Crippen molar-refractivity contribution in [2.24, 2.45) is 5.92 Å². The van der Waals surface area contributed by atoms with Crippen LogP contribution in [0.2, 0.25) is 0 Å². The Hall–Kier alpha value is -1.84. The first-order valence-electron chi connectivity index (χ1n) is 8.31. The predicted molar refractivity (Wildman–Crippen MR) is 86.7 cm³/mol. The summed E-state index contributed by atoms with van der Waals surface area (Å²) in [6.45, 7) is 2.51. The van der Waals surface area contributed by atoms with Gasteiger partial charge in [-0.25, -0.2) is 0 Å². The highest BCUT2D eigenvalue weighted by Gasteiger charge is 2.35. The predicted octanol–water partition coefficient (Wildman–Crippen LogP) is 2.80. The van der Waals surface area contributed by atoms with E-state index in [1.807, 2.05) is 31.2 Å². The number of carbonyl (C=O) groups excluding carboxylic acids is 2. The van der Waals surface area contributed by atoms with E-state index in [4.69, 9.17) is 0 Å². The lowest BCUT2D eigenvalue weighted by atomic mass is 9.95. The van der Waals surface area contributed by atoms with Crippen LogP contribution in [0.1, 0.15) is 44.1 Å². The van der Waals surface area contributed by atoms with Gasteiger partial charge < -0.3 is 10.2 Å². The number of rotatable bonds is 3. The standard InChI is InChI=1S/C18H24N2O2/c1-13-6-5-9-16(10-13)20-12-14(11-17(20)21)18(22)19-15-7-3-2-4-8-15/h5-6,9-10,14-15H,2-4,7-8,11-12H2,1H3,(H,19,22). The molecule has 4 nitrogen and oxygen atoms in total. The summed E-state index contributed by atoms with van der Waals surface area (Å²) in [7, 11) is 0. The molecule has 3 rings (SSSR count). The maximum atomic E-state index is 12.4. The van der Waals surface area contributed by atoms with Gasteiger partial charge in [-0.05, 0) is 37.5 Å². The number of anilines is 1. The molecule has 4 heteroatoms. The van der Waals surface area contributed by atoms with Gasteiger partial charge in [0, 0.05) is 24.7 Å². The summed E-state index contributed by atoms with van der Waals surface area (Å²) < 4.78 is 0. The summed E-state index contributed by atoms with van der Waals surface area (Å²) >= 11 is 0. The van der Waals surface area contributed by atoms with E-state index in [-0.39, 0.29) is 17.7 Å². The minimum absolute atomic E-state index is 0.0504. The lowest BCUT2D eigenvalue weighted by Gasteiger charge is -2.24. The normalized spacial score (nSPS) is 22.9. The van der Waals surface area contributed by atoms with Gasteiger partial charge in [0.25, 0.3) is 0 Å². The van der Waals surface area contributed by atoms with Crippen molar-refractivity contribution in [3.8, 4) is 0 Å². The second-order valence-corrected chi connectivity index (χ2v) is 6.59. The highest BCUT2D eigenvalue weighted by molar-refractivity contribution is 6.00. The molecule has 22 heavy (non-hydrogen) atoms. The Labute approximate surface area is 131 Å². The van der Waals surface area contributed by atoms with E-state index in [0.717, 1.165) is 24.1 Å². The summed E-state index contributed by atoms with van der Waals surface area (Å²) in [4.78, 5) is 26.4. The number of aryl methyl sites for hydroxylation is 1. The molecule has 1 unspecified atom stereocenters. The Bertz CT molecular complexity index is 564. The van der Waals surface area contributed by atoms with Crippen LogP contribution in [0.3, 0.4) is 0 Å². The first-order valence-corrected chi connectivity index (χ1v) is 8.31. The Morgan fingerprint density at radius 3 is 2.73 bits per heavy atom. The molecule has 2 aliphatic rings. The third-order valence-corrected chi connectivity index (χ3v) is 4.76. The van der Waals surface area contributed by atoms with Gasteiger partial charge in [-0.15, -0.1) is 0 Å². The Kier molecular flexibility index (Phi) is 4.46. The van der Waals surface area contributed by atoms with Crippen LogP contribution < -0.4 is 10.2 Å². The number of hydrogen-bond acceptors (Lipinski definition) is 2. The minimum atomic E-state index is -0.213. The van der Waals surface area contributed by atoms with E-state index in [1.54, 1.807) is 4.90 Å². The number of amides is 2. The minimum Gasteiger partial charge on any atom is -0.353 e. The molecule has 1 saturated heterocycles. The van der Waals surface area contributed by atoms with E-state index in [1.165, 1.54) is 19.3 Å². The molecular weight excluding hydrogens is 276 g/mol. The topological polar surface area (TPSA) is 49.4 Å². The second-order valence-electron chi connectivity index (χ2n) is 6.59. The maximum Gasteiger partial charge on any atom is 0.227 e. The van der Waals surface area contributed by atoms with Crippen LogP contribution in [0, 0.1) is 12.8 Å². The molecular formula is C18H24N2O2. The van der Waals surface area contributed by atoms with Gasteiger partial charge >= 0.3 is 0 Å². The van der Waals surface area contributed by atoms with Crippen LogP contribution in [-0.4, -0.2) is 24.4 Å². The molecule has 2 fully saturated rings. The van der Waals surface area contributed by atoms with Gasteiger partial charge in [0.1, 0.15) is 0 Å². The largest absolute Gasteiger partial charge is 0.353 e. The fraction of sp³-hybridized carbons (Fsp3) is 0.556.